The molecule has 1 aliphatic rings. The molecule has 1 saturated heterocycles. The van der Waals surface area contributed by atoms with E-state index < -0.39 is 6.03 Å². The Bertz CT molecular complexity index is 268. The molecule has 0 saturated carbocycles. The number of likely N-dealkylation sites (tertiary alicyclic amines) is 1. The molecule has 1 rings (SSSR count). The number of rotatable bonds is 5. The first-order valence-corrected chi connectivity index (χ1v) is 6.13. The van der Waals surface area contributed by atoms with Crippen LogP contribution in [0.15, 0.2) is 0 Å². The highest BCUT2D eigenvalue weighted by Gasteiger charge is 2.19. The van der Waals surface area contributed by atoms with Gasteiger partial charge < -0.3 is 16.4 Å². The van der Waals surface area contributed by atoms with Crippen molar-refractivity contribution in [2.24, 2.45) is 17.4 Å². The third-order valence-corrected chi connectivity index (χ3v) is 3.10. The summed E-state index contributed by atoms with van der Waals surface area (Å²) in [5, 5.41) is 2.07. The fraction of sp³-hybridized carbons (Fsp3) is 0.818. The van der Waals surface area contributed by atoms with Gasteiger partial charge in [0.2, 0.25) is 5.91 Å². The van der Waals surface area contributed by atoms with E-state index in [0.717, 1.165) is 32.5 Å². The number of amides is 3. The Labute approximate surface area is 102 Å². The first-order valence-electron chi connectivity index (χ1n) is 6.13. The number of nitrogens with one attached hydrogen (secondary N) is 1. The molecule has 0 aromatic carbocycles. The molecule has 0 bridgehead atoms. The molecule has 0 radical (unpaired) electrons. The van der Waals surface area contributed by atoms with Gasteiger partial charge in [-0.15, -0.1) is 0 Å². The van der Waals surface area contributed by atoms with Gasteiger partial charge in [0.1, 0.15) is 0 Å². The summed E-state index contributed by atoms with van der Waals surface area (Å²) >= 11 is 0. The highest BCUT2D eigenvalue weighted by atomic mass is 16.2. The molecule has 5 N–H and O–H groups in total. The van der Waals surface area contributed by atoms with Crippen LogP contribution in [0.5, 0.6) is 0 Å². The van der Waals surface area contributed by atoms with E-state index in [1.165, 1.54) is 6.42 Å². The molecule has 6 heteroatoms. The summed E-state index contributed by atoms with van der Waals surface area (Å²) in [6.45, 7) is 3.42. The van der Waals surface area contributed by atoms with Crippen molar-refractivity contribution in [3.63, 3.8) is 0 Å². The van der Waals surface area contributed by atoms with Crippen LogP contribution >= 0.6 is 0 Å². The summed E-state index contributed by atoms with van der Waals surface area (Å²) in [6, 6.07) is -0.783. The minimum Gasteiger partial charge on any atom is -0.351 e. The minimum atomic E-state index is -0.783. The average Bonchev–Trinajstić information content (AvgIpc) is 2.26. The number of imide groups is 1. The molecule has 17 heavy (non-hydrogen) atoms. The topological polar surface area (TPSA) is 101 Å². The Balaban J connectivity index is 2.22. The molecule has 1 unspecified atom stereocenters. The van der Waals surface area contributed by atoms with E-state index in [-0.39, 0.29) is 5.91 Å². The van der Waals surface area contributed by atoms with Crippen LogP contribution in [0.4, 0.5) is 4.79 Å². The van der Waals surface area contributed by atoms with Crippen LogP contribution in [0.2, 0.25) is 0 Å². The molecule has 0 aromatic heterocycles. The van der Waals surface area contributed by atoms with Crippen molar-refractivity contribution in [3.05, 3.63) is 0 Å². The number of hydrogen-bond donors (Lipinski definition) is 3. The highest BCUT2D eigenvalue weighted by molar-refractivity contribution is 5.93. The zero-order valence-corrected chi connectivity index (χ0v) is 10.2. The predicted octanol–water partition coefficient (Wildman–Crippen LogP) is -0.368. The standard InChI is InChI=1S/C11H22N4O2/c12-5-3-9-2-1-6-15(8-9)7-4-10(16)14-11(13)17/h9H,1-8,12H2,(H3,13,14,16,17). The average molecular weight is 242 g/mol. The number of primary amides is 1. The lowest BCUT2D eigenvalue weighted by Crippen LogP contribution is -2.40. The molecule has 98 valence electrons. The molecule has 0 aromatic rings. The molecule has 1 aliphatic heterocycles. The van der Waals surface area contributed by atoms with Gasteiger partial charge in [-0.3, -0.25) is 10.1 Å². The third-order valence-electron chi connectivity index (χ3n) is 3.10. The van der Waals surface area contributed by atoms with Gasteiger partial charge >= 0.3 is 6.03 Å². The van der Waals surface area contributed by atoms with Crippen molar-refractivity contribution in [2.75, 3.05) is 26.2 Å². The number of carbonyl (C=O) groups excluding carboxylic acids is 2. The van der Waals surface area contributed by atoms with Crippen molar-refractivity contribution in [3.8, 4) is 0 Å². The monoisotopic (exact) mass is 242 g/mol. The second kappa shape index (κ2) is 7.24. The fourth-order valence-electron chi connectivity index (χ4n) is 2.29. The second-order valence-electron chi connectivity index (χ2n) is 4.55. The lowest BCUT2D eigenvalue weighted by molar-refractivity contribution is -0.120. The molecular formula is C11H22N4O2. The third kappa shape index (κ3) is 5.65. The Morgan fingerprint density at radius 1 is 1.41 bits per heavy atom. The maximum absolute atomic E-state index is 11.2. The van der Waals surface area contributed by atoms with Gasteiger partial charge in [-0.05, 0) is 38.3 Å². The molecule has 0 spiro atoms. The summed E-state index contributed by atoms with van der Waals surface area (Å²) in [7, 11) is 0. The van der Waals surface area contributed by atoms with Crippen molar-refractivity contribution in [2.45, 2.75) is 25.7 Å². The molecule has 3 amide bonds. The summed E-state index contributed by atoms with van der Waals surface area (Å²) in [6.07, 6.45) is 3.74. The molecule has 1 fully saturated rings. The Kier molecular flexibility index (Phi) is 5.93. The van der Waals surface area contributed by atoms with E-state index in [1.54, 1.807) is 0 Å². The number of carbonyl (C=O) groups is 2. The summed E-state index contributed by atoms with van der Waals surface area (Å²) < 4.78 is 0. The predicted molar refractivity (Wildman–Crippen MR) is 65.2 cm³/mol. The van der Waals surface area contributed by atoms with Crippen LogP contribution in [0.3, 0.4) is 0 Å². The smallest absolute Gasteiger partial charge is 0.318 e. The normalized spacial score (nSPS) is 21.1. The number of nitrogens with zero attached hydrogens (tertiary/aromatic N) is 1. The SMILES string of the molecule is NCCC1CCCN(CCC(=O)NC(N)=O)C1. The summed E-state index contributed by atoms with van der Waals surface area (Å²) in [5.74, 6) is 0.339. The quantitative estimate of drug-likeness (QED) is 0.612. The first-order chi connectivity index (χ1) is 8.11. The summed E-state index contributed by atoms with van der Waals surface area (Å²) in [4.78, 5) is 24.0. The first kappa shape index (κ1) is 13.9. The van der Waals surface area contributed by atoms with E-state index in [4.69, 9.17) is 11.5 Å². The van der Waals surface area contributed by atoms with E-state index in [1.807, 2.05) is 0 Å². The molecular weight excluding hydrogens is 220 g/mol. The Morgan fingerprint density at radius 3 is 2.82 bits per heavy atom. The fourth-order valence-corrected chi connectivity index (χ4v) is 2.29. The van der Waals surface area contributed by atoms with Gasteiger partial charge in [-0.1, -0.05) is 0 Å². The Hall–Kier alpha value is -1.14. The van der Waals surface area contributed by atoms with Crippen molar-refractivity contribution in [1.82, 2.24) is 10.2 Å². The highest BCUT2D eigenvalue weighted by Crippen LogP contribution is 2.18. The lowest BCUT2D eigenvalue weighted by Gasteiger charge is -2.32. The number of urea groups is 1. The van der Waals surface area contributed by atoms with Gasteiger partial charge in [-0.2, -0.15) is 0 Å². The van der Waals surface area contributed by atoms with Gasteiger partial charge in [0.25, 0.3) is 0 Å². The Morgan fingerprint density at radius 2 is 2.18 bits per heavy atom. The van der Waals surface area contributed by atoms with Crippen molar-refractivity contribution >= 4 is 11.9 Å². The van der Waals surface area contributed by atoms with Crippen LogP contribution in [0.1, 0.15) is 25.7 Å². The van der Waals surface area contributed by atoms with Crippen LogP contribution < -0.4 is 16.8 Å². The minimum absolute atomic E-state index is 0.307. The largest absolute Gasteiger partial charge is 0.351 e. The second-order valence-corrected chi connectivity index (χ2v) is 4.55. The maximum atomic E-state index is 11.2. The lowest BCUT2D eigenvalue weighted by atomic mass is 9.95. The van der Waals surface area contributed by atoms with E-state index >= 15 is 0 Å². The van der Waals surface area contributed by atoms with Crippen LogP contribution in [0.25, 0.3) is 0 Å². The van der Waals surface area contributed by atoms with Crippen LogP contribution in [0, 0.1) is 5.92 Å². The van der Waals surface area contributed by atoms with E-state index in [9.17, 15) is 9.59 Å². The van der Waals surface area contributed by atoms with Crippen molar-refractivity contribution < 1.29 is 9.59 Å². The van der Waals surface area contributed by atoms with E-state index in [2.05, 4.69) is 10.2 Å². The number of nitrogens with two attached hydrogens (primary N) is 2. The number of piperidine rings is 1. The zero-order chi connectivity index (χ0) is 12.7. The van der Waals surface area contributed by atoms with Gasteiger partial charge in [0, 0.05) is 19.5 Å². The van der Waals surface area contributed by atoms with Gasteiger partial charge in [0.15, 0.2) is 0 Å². The summed E-state index contributed by atoms with van der Waals surface area (Å²) in [5.41, 5.74) is 10.4. The van der Waals surface area contributed by atoms with Gasteiger partial charge in [0.05, 0.1) is 0 Å². The molecule has 1 heterocycles. The van der Waals surface area contributed by atoms with Crippen LogP contribution in [-0.4, -0.2) is 43.0 Å². The number of hydrogen-bond acceptors (Lipinski definition) is 4. The van der Waals surface area contributed by atoms with Crippen molar-refractivity contribution in [1.29, 1.82) is 0 Å². The van der Waals surface area contributed by atoms with Crippen LogP contribution in [-0.2, 0) is 4.79 Å². The molecule has 6 nitrogen and oxygen atoms in total. The maximum Gasteiger partial charge on any atom is 0.318 e. The van der Waals surface area contributed by atoms with Gasteiger partial charge in [-0.25, -0.2) is 4.79 Å². The molecule has 0 aliphatic carbocycles. The van der Waals surface area contributed by atoms with E-state index in [0.29, 0.717) is 18.9 Å². The zero-order valence-electron chi connectivity index (χ0n) is 10.2. The molecule has 1 atom stereocenters.